The normalized spacial score (nSPS) is 16.6. The summed E-state index contributed by atoms with van der Waals surface area (Å²) >= 11 is 1.56. The first-order valence-corrected chi connectivity index (χ1v) is 10.4. The standard InChI is InChI=1S/C21H22N2O4S/c24-19(18-12-15-2-1-3-17(15)28-18)22-16-6-4-13(5-7-16)20(25)23-10-8-14(9-11-23)21(26)27/h4-7,12,14H,1-3,8-11H2,(H,22,24)(H,26,27). The first-order valence-electron chi connectivity index (χ1n) is 9.56. The molecule has 1 aromatic heterocycles. The summed E-state index contributed by atoms with van der Waals surface area (Å²) in [6.07, 6.45) is 4.26. The Kier molecular flexibility index (Phi) is 5.17. The number of benzene rings is 1. The quantitative estimate of drug-likeness (QED) is 0.826. The first-order chi connectivity index (χ1) is 13.5. The fraction of sp³-hybridized carbons (Fsp3) is 0.381. The van der Waals surface area contributed by atoms with E-state index in [-0.39, 0.29) is 17.7 Å². The summed E-state index contributed by atoms with van der Waals surface area (Å²) in [5.41, 5.74) is 2.49. The highest BCUT2D eigenvalue weighted by Gasteiger charge is 2.27. The average molecular weight is 398 g/mol. The van der Waals surface area contributed by atoms with Crippen LogP contribution in [0.1, 0.15) is 49.7 Å². The smallest absolute Gasteiger partial charge is 0.306 e. The van der Waals surface area contributed by atoms with Crippen molar-refractivity contribution in [2.75, 3.05) is 18.4 Å². The lowest BCUT2D eigenvalue weighted by Gasteiger charge is -2.30. The maximum absolute atomic E-state index is 12.6. The number of carboxylic acid groups (broad SMARTS) is 1. The van der Waals surface area contributed by atoms with E-state index in [0.29, 0.717) is 37.2 Å². The van der Waals surface area contributed by atoms with Crippen molar-refractivity contribution >= 4 is 34.8 Å². The largest absolute Gasteiger partial charge is 0.481 e. The summed E-state index contributed by atoms with van der Waals surface area (Å²) in [5.74, 6) is -1.37. The molecule has 1 aliphatic heterocycles. The van der Waals surface area contributed by atoms with Crippen LogP contribution < -0.4 is 5.32 Å². The van der Waals surface area contributed by atoms with E-state index in [1.807, 2.05) is 6.07 Å². The van der Waals surface area contributed by atoms with E-state index >= 15 is 0 Å². The molecule has 0 unspecified atom stereocenters. The van der Waals surface area contributed by atoms with Gasteiger partial charge in [0.05, 0.1) is 10.8 Å². The second-order valence-electron chi connectivity index (χ2n) is 7.35. The molecule has 2 aliphatic rings. The SMILES string of the molecule is O=C(Nc1ccc(C(=O)N2CCC(C(=O)O)CC2)cc1)c1cc2c(s1)CCC2. The summed E-state index contributed by atoms with van der Waals surface area (Å²) < 4.78 is 0. The molecule has 1 fully saturated rings. The summed E-state index contributed by atoms with van der Waals surface area (Å²) in [7, 11) is 0. The van der Waals surface area contributed by atoms with Gasteiger partial charge in [0.2, 0.25) is 0 Å². The topological polar surface area (TPSA) is 86.7 Å². The molecule has 1 aliphatic carbocycles. The number of aryl methyl sites for hydroxylation is 2. The van der Waals surface area contributed by atoms with Crippen molar-refractivity contribution in [1.82, 2.24) is 4.90 Å². The number of nitrogens with zero attached hydrogens (tertiary/aromatic N) is 1. The van der Waals surface area contributed by atoms with Crippen LogP contribution in [0.5, 0.6) is 0 Å². The number of rotatable bonds is 4. The van der Waals surface area contributed by atoms with Gasteiger partial charge in [0.1, 0.15) is 0 Å². The van der Waals surface area contributed by atoms with Gasteiger partial charge in [-0.15, -0.1) is 11.3 Å². The maximum atomic E-state index is 12.6. The molecule has 2 N–H and O–H groups in total. The predicted molar refractivity (Wildman–Crippen MR) is 107 cm³/mol. The van der Waals surface area contributed by atoms with Crippen LogP contribution in [-0.2, 0) is 17.6 Å². The van der Waals surface area contributed by atoms with Crippen LogP contribution in [0.15, 0.2) is 30.3 Å². The maximum Gasteiger partial charge on any atom is 0.306 e. The van der Waals surface area contributed by atoms with Crippen LogP contribution in [0.25, 0.3) is 0 Å². The van der Waals surface area contributed by atoms with E-state index in [0.717, 1.165) is 17.7 Å². The molecule has 7 heteroatoms. The summed E-state index contributed by atoms with van der Waals surface area (Å²) in [5, 5.41) is 12.0. The molecule has 1 saturated heterocycles. The number of carbonyl (C=O) groups excluding carboxylic acids is 2. The molecule has 0 atom stereocenters. The Morgan fingerprint density at radius 3 is 2.43 bits per heavy atom. The number of piperidine rings is 1. The van der Waals surface area contributed by atoms with Crippen molar-refractivity contribution in [2.45, 2.75) is 32.1 Å². The minimum atomic E-state index is -0.789. The minimum absolute atomic E-state index is 0.101. The second-order valence-corrected chi connectivity index (χ2v) is 8.49. The van der Waals surface area contributed by atoms with Gasteiger partial charge in [-0.3, -0.25) is 14.4 Å². The molecule has 2 aromatic rings. The number of hydrogen-bond acceptors (Lipinski definition) is 4. The zero-order valence-corrected chi connectivity index (χ0v) is 16.3. The van der Waals surface area contributed by atoms with Gasteiger partial charge in [-0.25, -0.2) is 0 Å². The first kappa shape index (κ1) is 18.7. The molecule has 28 heavy (non-hydrogen) atoms. The van der Waals surface area contributed by atoms with Crippen LogP contribution in [0.2, 0.25) is 0 Å². The fourth-order valence-electron chi connectivity index (χ4n) is 3.84. The van der Waals surface area contributed by atoms with Crippen molar-refractivity contribution in [1.29, 1.82) is 0 Å². The van der Waals surface area contributed by atoms with Gasteiger partial charge in [0.25, 0.3) is 11.8 Å². The molecular formula is C21H22N2O4S. The number of hydrogen-bond donors (Lipinski definition) is 2. The molecule has 2 heterocycles. The Morgan fingerprint density at radius 2 is 1.79 bits per heavy atom. The Hall–Kier alpha value is -2.67. The fourth-order valence-corrected chi connectivity index (χ4v) is 4.99. The Morgan fingerprint density at radius 1 is 1.07 bits per heavy atom. The zero-order chi connectivity index (χ0) is 19.7. The lowest BCUT2D eigenvalue weighted by atomic mass is 9.96. The lowest BCUT2D eigenvalue weighted by Crippen LogP contribution is -2.40. The van der Waals surface area contributed by atoms with Crippen LogP contribution >= 0.6 is 11.3 Å². The Balaban J connectivity index is 1.36. The van der Waals surface area contributed by atoms with Gasteiger partial charge in [0, 0.05) is 29.2 Å². The molecule has 1 aromatic carbocycles. The summed E-state index contributed by atoms with van der Waals surface area (Å²) in [6.45, 7) is 0.911. The minimum Gasteiger partial charge on any atom is -0.481 e. The number of aliphatic carboxylic acids is 1. The van der Waals surface area contributed by atoms with Gasteiger partial charge < -0.3 is 15.3 Å². The number of carbonyl (C=O) groups is 3. The van der Waals surface area contributed by atoms with Crippen LogP contribution in [0, 0.1) is 5.92 Å². The van der Waals surface area contributed by atoms with Crippen molar-refractivity contribution in [3.05, 3.63) is 51.2 Å². The third-order valence-electron chi connectivity index (χ3n) is 5.49. The Bertz CT molecular complexity index is 889. The van der Waals surface area contributed by atoms with Crippen LogP contribution in [0.4, 0.5) is 5.69 Å². The number of fused-ring (bicyclic) bond motifs is 1. The third-order valence-corrected chi connectivity index (χ3v) is 6.73. The van der Waals surface area contributed by atoms with E-state index in [9.17, 15) is 14.4 Å². The number of likely N-dealkylation sites (tertiary alicyclic amines) is 1. The average Bonchev–Trinajstić information content (AvgIpc) is 3.30. The number of thiophene rings is 1. The molecule has 0 radical (unpaired) electrons. The number of carboxylic acids is 1. The monoisotopic (exact) mass is 398 g/mol. The van der Waals surface area contributed by atoms with Gasteiger partial charge in [-0.2, -0.15) is 0 Å². The van der Waals surface area contributed by atoms with Crippen molar-refractivity contribution in [3.63, 3.8) is 0 Å². The van der Waals surface area contributed by atoms with E-state index in [1.165, 1.54) is 16.9 Å². The summed E-state index contributed by atoms with van der Waals surface area (Å²) in [4.78, 5) is 39.8. The van der Waals surface area contributed by atoms with E-state index in [2.05, 4.69) is 5.32 Å². The number of anilines is 1. The number of amides is 2. The van der Waals surface area contributed by atoms with Crippen molar-refractivity contribution in [3.8, 4) is 0 Å². The van der Waals surface area contributed by atoms with Crippen LogP contribution in [0.3, 0.4) is 0 Å². The third kappa shape index (κ3) is 3.80. The van der Waals surface area contributed by atoms with E-state index in [1.54, 1.807) is 40.5 Å². The zero-order valence-electron chi connectivity index (χ0n) is 15.4. The molecular weight excluding hydrogens is 376 g/mol. The molecule has 146 valence electrons. The van der Waals surface area contributed by atoms with Gasteiger partial charge in [-0.05, 0) is 68.0 Å². The summed E-state index contributed by atoms with van der Waals surface area (Å²) in [6, 6.07) is 8.86. The van der Waals surface area contributed by atoms with Gasteiger partial charge in [-0.1, -0.05) is 0 Å². The number of nitrogens with one attached hydrogen (secondary N) is 1. The lowest BCUT2D eigenvalue weighted by molar-refractivity contribution is -0.143. The van der Waals surface area contributed by atoms with Crippen molar-refractivity contribution < 1.29 is 19.5 Å². The predicted octanol–water partition coefficient (Wildman–Crippen LogP) is 3.43. The molecule has 0 spiro atoms. The highest BCUT2D eigenvalue weighted by Crippen LogP contribution is 2.31. The van der Waals surface area contributed by atoms with Gasteiger partial charge >= 0.3 is 5.97 Å². The second kappa shape index (κ2) is 7.75. The van der Waals surface area contributed by atoms with Gasteiger partial charge in [0.15, 0.2) is 0 Å². The van der Waals surface area contributed by atoms with Crippen molar-refractivity contribution in [2.24, 2.45) is 5.92 Å². The van der Waals surface area contributed by atoms with Crippen LogP contribution in [-0.4, -0.2) is 40.9 Å². The molecule has 2 amide bonds. The van der Waals surface area contributed by atoms with E-state index < -0.39 is 5.97 Å². The highest BCUT2D eigenvalue weighted by atomic mass is 32.1. The molecule has 4 rings (SSSR count). The highest BCUT2D eigenvalue weighted by molar-refractivity contribution is 7.14. The molecule has 6 nitrogen and oxygen atoms in total. The molecule has 0 saturated carbocycles. The Labute approximate surface area is 167 Å². The van der Waals surface area contributed by atoms with E-state index in [4.69, 9.17) is 5.11 Å². The molecule has 0 bridgehead atoms.